The minimum Gasteiger partial charge on any atom is -0.496 e. The van der Waals surface area contributed by atoms with Crippen molar-refractivity contribution in [3.8, 4) is 5.75 Å². The normalized spacial score (nSPS) is 14.3. The number of rotatable bonds is 6. The number of hydrogen-bond donors (Lipinski definition) is 2. The Balaban J connectivity index is 3.01. The Labute approximate surface area is 107 Å². The SMILES string of the molecule is COc1ccccc1C(CC(N)C(=O)O)N(C)C. The molecule has 0 saturated heterocycles. The molecule has 1 aromatic carbocycles. The average molecular weight is 252 g/mol. The van der Waals surface area contributed by atoms with Gasteiger partial charge in [-0.3, -0.25) is 4.79 Å². The summed E-state index contributed by atoms with van der Waals surface area (Å²) in [5.74, 6) is -0.245. The lowest BCUT2D eigenvalue weighted by Gasteiger charge is -2.27. The van der Waals surface area contributed by atoms with Crippen molar-refractivity contribution in [2.24, 2.45) is 5.73 Å². The van der Waals surface area contributed by atoms with Crippen LogP contribution in [0.15, 0.2) is 24.3 Å². The molecule has 0 heterocycles. The van der Waals surface area contributed by atoms with Gasteiger partial charge >= 0.3 is 5.97 Å². The van der Waals surface area contributed by atoms with Crippen molar-refractivity contribution in [3.05, 3.63) is 29.8 Å². The van der Waals surface area contributed by atoms with E-state index in [4.69, 9.17) is 15.6 Å². The summed E-state index contributed by atoms with van der Waals surface area (Å²) in [4.78, 5) is 12.8. The molecule has 1 aromatic rings. The van der Waals surface area contributed by atoms with E-state index in [0.717, 1.165) is 11.3 Å². The lowest BCUT2D eigenvalue weighted by atomic mass is 9.98. The zero-order valence-corrected chi connectivity index (χ0v) is 11.0. The van der Waals surface area contributed by atoms with Gasteiger partial charge in [0.2, 0.25) is 0 Å². The summed E-state index contributed by atoms with van der Waals surface area (Å²) in [6, 6.07) is 6.60. The quantitative estimate of drug-likeness (QED) is 0.793. The molecule has 3 N–H and O–H groups in total. The molecule has 0 aliphatic rings. The van der Waals surface area contributed by atoms with Crippen molar-refractivity contribution >= 4 is 5.97 Å². The maximum atomic E-state index is 10.9. The Morgan fingerprint density at radius 3 is 2.56 bits per heavy atom. The predicted octanol–water partition coefficient (Wildman–Crippen LogP) is 1.10. The highest BCUT2D eigenvalue weighted by Gasteiger charge is 2.24. The van der Waals surface area contributed by atoms with E-state index >= 15 is 0 Å². The Morgan fingerprint density at radius 1 is 1.44 bits per heavy atom. The number of para-hydroxylation sites is 1. The van der Waals surface area contributed by atoms with Crippen LogP contribution in [0.25, 0.3) is 0 Å². The fourth-order valence-electron chi connectivity index (χ4n) is 1.90. The zero-order valence-electron chi connectivity index (χ0n) is 11.0. The van der Waals surface area contributed by atoms with Gasteiger partial charge in [-0.1, -0.05) is 18.2 Å². The van der Waals surface area contributed by atoms with Gasteiger partial charge in [-0.25, -0.2) is 0 Å². The Hall–Kier alpha value is -1.59. The topological polar surface area (TPSA) is 75.8 Å². The molecule has 0 aliphatic carbocycles. The van der Waals surface area contributed by atoms with Crippen LogP contribution in [0.5, 0.6) is 5.75 Å². The highest BCUT2D eigenvalue weighted by atomic mass is 16.5. The molecule has 5 nitrogen and oxygen atoms in total. The molecule has 2 unspecified atom stereocenters. The monoisotopic (exact) mass is 252 g/mol. The smallest absolute Gasteiger partial charge is 0.320 e. The summed E-state index contributed by atoms with van der Waals surface area (Å²) in [6.45, 7) is 0. The van der Waals surface area contributed by atoms with Crippen LogP contribution in [0, 0.1) is 0 Å². The fourth-order valence-corrected chi connectivity index (χ4v) is 1.90. The number of aliphatic carboxylic acids is 1. The van der Waals surface area contributed by atoms with E-state index in [1.54, 1.807) is 7.11 Å². The maximum absolute atomic E-state index is 10.9. The van der Waals surface area contributed by atoms with E-state index in [0.29, 0.717) is 6.42 Å². The van der Waals surface area contributed by atoms with E-state index in [1.807, 2.05) is 43.3 Å². The van der Waals surface area contributed by atoms with Crippen LogP contribution in [-0.4, -0.2) is 43.2 Å². The number of carboxylic acids is 1. The predicted molar refractivity (Wildman–Crippen MR) is 69.7 cm³/mol. The highest BCUT2D eigenvalue weighted by Crippen LogP contribution is 2.30. The summed E-state index contributed by atoms with van der Waals surface area (Å²) < 4.78 is 5.30. The molecule has 0 aromatic heterocycles. The van der Waals surface area contributed by atoms with Crippen molar-refractivity contribution in [1.29, 1.82) is 0 Å². The van der Waals surface area contributed by atoms with Crippen LogP contribution in [0.1, 0.15) is 18.0 Å². The molecule has 0 saturated carbocycles. The molecular weight excluding hydrogens is 232 g/mol. The van der Waals surface area contributed by atoms with Crippen LogP contribution < -0.4 is 10.5 Å². The van der Waals surface area contributed by atoms with Crippen LogP contribution in [0.4, 0.5) is 0 Å². The first-order valence-electron chi connectivity index (χ1n) is 5.75. The molecule has 18 heavy (non-hydrogen) atoms. The van der Waals surface area contributed by atoms with Crippen LogP contribution >= 0.6 is 0 Å². The van der Waals surface area contributed by atoms with Crippen LogP contribution in [-0.2, 0) is 4.79 Å². The van der Waals surface area contributed by atoms with Crippen molar-refractivity contribution in [2.75, 3.05) is 21.2 Å². The second-order valence-electron chi connectivity index (χ2n) is 4.40. The number of ether oxygens (including phenoxy) is 1. The van der Waals surface area contributed by atoms with E-state index in [2.05, 4.69) is 0 Å². The summed E-state index contributed by atoms with van der Waals surface area (Å²) in [5.41, 5.74) is 6.56. The van der Waals surface area contributed by atoms with Gasteiger partial charge < -0.3 is 20.5 Å². The first-order chi connectivity index (χ1) is 8.47. The number of methoxy groups -OCH3 is 1. The Morgan fingerprint density at radius 2 is 2.06 bits per heavy atom. The van der Waals surface area contributed by atoms with Crippen LogP contribution in [0.2, 0.25) is 0 Å². The lowest BCUT2D eigenvalue weighted by molar-refractivity contribution is -0.139. The van der Waals surface area contributed by atoms with Crippen molar-refractivity contribution in [3.63, 3.8) is 0 Å². The second kappa shape index (κ2) is 6.37. The number of carboxylic acid groups (broad SMARTS) is 1. The maximum Gasteiger partial charge on any atom is 0.320 e. The fraction of sp³-hybridized carbons (Fsp3) is 0.462. The van der Waals surface area contributed by atoms with E-state index < -0.39 is 12.0 Å². The van der Waals surface area contributed by atoms with E-state index in [9.17, 15) is 4.79 Å². The minimum atomic E-state index is -0.989. The molecule has 0 fully saturated rings. The molecule has 0 bridgehead atoms. The van der Waals surface area contributed by atoms with Gasteiger partial charge in [0, 0.05) is 11.6 Å². The summed E-state index contributed by atoms with van der Waals surface area (Å²) in [7, 11) is 5.39. The van der Waals surface area contributed by atoms with Crippen LogP contribution in [0.3, 0.4) is 0 Å². The number of hydrogen-bond acceptors (Lipinski definition) is 4. The third-order valence-corrected chi connectivity index (χ3v) is 2.92. The summed E-state index contributed by atoms with van der Waals surface area (Å²) in [5, 5.41) is 8.91. The van der Waals surface area contributed by atoms with Gasteiger partial charge in [0.15, 0.2) is 0 Å². The molecule has 1 rings (SSSR count). The zero-order chi connectivity index (χ0) is 13.7. The molecule has 0 amide bonds. The second-order valence-corrected chi connectivity index (χ2v) is 4.40. The highest BCUT2D eigenvalue weighted by molar-refractivity contribution is 5.73. The van der Waals surface area contributed by atoms with Crippen molar-refractivity contribution < 1.29 is 14.6 Å². The lowest BCUT2D eigenvalue weighted by Crippen LogP contribution is -2.35. The molecule has 0 radical (unpaired) electrons. The first-order valence-corrected chi connectivity index (χ1v) is 5.75. The van der Waals surface area contributed by atoms with Gasteiger partial charge in [0.25, 0.3) is 0 Å². The average Bonchev–Trinajstić information content (AvgIpc) is 2.35. The summed E-state index contributed by atoms with van der Waals surface area (Å²) >= 11 is 0. The Kier molecular flexibility index (Phi) is 5.12. The number of carbonyl (C=O) groups is 1. The molecule has 5 heteroatoms. The van der Waals surface area contributed by atoms with Crippen molar-refractivity contribution in [1.82, 2.24) is 4.90 Å². The largest absolute Gasteiger partial charge is 0.496 e. The van der Waals surface area contributed by atoms with Gasteiger partial charge in [0.05, 0.1) is 7.11 Å². The number of benzene rings is 1. The minimum absolute atomic E-state index is 0.0905. The number of nitrogens with zero attached hydrogens (tertiary/aromatic N) is 1. The van der Waals surface area contributed by atoms with Crippen molar-refractivity contribution in [2.45, 2.75) is 18.5 Å². The molecule has 0 aliphatic heterocycles. The molecule has 0 spiro atoms. The number of nitrogens with two attached hydrogens (primary N) is 1. The summed E-state index contributed by atoms with van der Waals surface area (Å²) in [6.07, 6.45) is 0.336. The third-order valence-electron chi connectivity index (χ3n) is 2.92. The third kappa shape index (κ3) is 3.45. The molecule has 2 atom stereocenters. The van der Waals surface area contributed by atoms with E-state index in [-0.39, 0.29) is 6.04 Å². The first kappa shape index (κ1) is 14.5. The van der Waals surface area contributed by atoms with Gasteiger partial charge in [0.1, 0.15) is 11.8 Å². The Bertz CT molecular complexity index is 407. The van der Waals surface area contributed by atoms with Gasteiger partial charge in [-0.2, -0.15) is 0 Å². The molecular formula is C13H20N2O3. The van der Waals surface area contributed by atoms with Gasteiger partial charge in [-0.05, 0) is 26.6 Å². The van der Waals surface area contributed by atoms with E-state index in [1.165, 1.54) is 0 Å². The van der Waals surface area contributed by atoms with Gasteiger partial charge in [-0.15, -0.1) is 0 Å². The molecule has 100 valence electrons. The standard InChI is InChI=1S/C13H20N2O3/c1-15(2)11(8-10(14)13(16)17)9-6-4-5-7-12(9)18-3/h4-7,10-11H,8,14H2,1-3H3,(H,16,17).